The molecule has 0 fully saturated rings. The van der Waals surface area contributed by atoms with E-state index >= 15 is 0 Å². The lowest BCUT2D eigenvalue weighted by molar-refractivity contribution is -0.143. The summed E-state index contributed by atoms with van der Waals surface area (Å²) in [6, 6.07) is 0. The Hall–Kier alpha value is -1.79. The summed E-state index contributed by atoms with van der Waals surface area (Å²) in [5, 5.41) is 17.7. The fourth-order valence-corrected chi connectivity index (χ4v) is 1.47. The molecular weight excluding hydrogens is 268 g/mol. The van der Waals surface area contributed by atoms with Gasteiger partial charge >= 0.3 is 18.1 Å². The molecule has 2 N–H and O–H groups in total. The highest BCUT2D eigenvalue weighted by Gasteiger charge is 2.21. The van der Waals surface area contributed by atoms with Crippen LogP contribution < -0.4 is 0 Å². The number of hydrogen-bond acceptors (Lipinski definition) is 5. The molecule has 0 aromatic heterocycles. The van der Waals surface area contributed by atoms with Gasteiger partial charge in [-0.3, -0.25) is 9.59 Å². The van der Waals surface area contributed by atoms with Crippen molar-refractivity contribution in [3.05, 3.63) is 0 Å². The molecule has 0 spiro atoms. The lowest BCUT2D eigenvalue weighted by Gasteiger charge is -2.14. The number of carbonyl (C=O) groups excluding carboxylic acids is 1. The molecule has 0 aliphatic heterocycles. The molecule has 2 unspecified atom stereocenters. The number of carbonyl (C=O) groups is 3. The van der Waals surface area contributed by atoms with Gasteiger partial charge in [-0.25, -0.2) is 4.79 Å². The summed E-state index contributed by atoms with van der Waals surface area (Å²) in [6.45, 7) is 4.60. The van der Waals surface area contributed by atoms with Crippen LogP contribution in [0.1, 0.15) is 40.0 Å². The molecule has 2 atom stereocenters. The predicted molar refractivity (Wildman–Crippen MR) is 69.3 cm³/mol. The molecular formula is C13H22O7. The van der Waals surface area contributed by atoms with Gasteiger partial charge in [-0.2, -0.15) is 0 Å². The van der Waals surface area contributed by atoms with E-state index in [2.05, 4.69) is 0 Å². The van der Waals surface area contributed by atoms with Crippen LogP contribution in [0.25, 0.3) is 0 Å². The maximum absolute atomic E-state index is 11.1. The number of hydrogen-bond donors (Lipinski definition) is 2. The topological polar surface area (TPSA) is 110 Å². The lowest BCUT2D eigenvalue weighted by atomic mass is 9.98. The first-order chi connectivity index (χ1) is 9.23. The van der Waals surface area contributed by atoms with Gasteiger partial charge in [-0.05, 0) is 26.7 Å². The third-order valence-electron chi connectivity index (χ3n) is 2.69. The van der Waals surface area contributed by atoms with Crippen molar-refractivity contribution in [1.29, 1.82) is 0 Å². The average molecular weight is 290 g/mol. The van der Waals surface area contributed by atoms with Gasteiger partial charge in [0.15, 0.2) is 0 Å². The molecule has 0 heterocycles. The standard InChI is InChI=1S/C13H22O7/c1-8(2)20-13(18)19-7-10(12(16)17)6-4-5-9(3)11(14)15/h8-10H,4-7H2,1-3H3,(H,14,15)(H,16,17). The molecule has 0 saturated carbocycles. The molecule has 7 nitrogen and oxygen atoms in total. The van der Waals surface area contributed by atoms with E-state index in [1.54, 1.807) is 20.8 Å². The summed E-state index contributed by atoms with van der Waals surface area (Å²) >= 11 is 0. The van der Waals surface area contributed by atoms with Crippen LogP contribution in [0.4, 0.5) is 4.79 Å². The molecule has 0 aromatic rings. The van der Waals surface area contributed by atoms with E-state index in [4.69, 9.17) is 19.7 Å². The summed E-state index contributed by atoms with van der Waals surface area (Å²) in [5.41, 5.74) is 0. The van der Waals surface area contributed by atoms with Gasteiger partial charge in [0.25, 0.3) is 0 Å². The van der Waals surface area contributed by atoms with Crippen LogP contribution in [0.15, 0.2) is 0 Å². The number of aliphatic carboxylic acids is 2. The molecule has 0 radical (unpaired) electrons. The van der Waals surface area contributed by atoms with E-state index < -0.39 is 29.9 Å². The molecule has 7 heteroatoms. The average Bonchev–Trinajstić information content (AvgIpc) is 2.31. The van der Waals surface area contributed by atoms with Crippen LogP contribution in [0, 0.1) is 11.8 Å². The van der Waals surface area contributed by atoms with Crippen molar-refractivity contribution < 1.29 is 34.1 Å². The van der Waals surface area contributed by atoms with E-state index in [1.807, 2.05) is 0 Å². The van der Waals surface area contributed by atoms with Gasteiger partial charge in [0.05, 0.1) is 17.9 Å². The summed E-state index contributed by atoms with van der Waals surface area (Å²) < 4.78 is 9.45. The Balaban J connectivity index is 4.08. The molecule has 0 amide bonds. The van der Waals surface area contributed by atoms with Crippen molar-refractivity contribution in [2.45, 2.75) is 46.1 Å². The zero-order chi connectivity index (χ0) is 15.7. The second-order valence-electron chi connectivity index (χ2n) is 4.93. The predicted octanol–water partition coefficient (Wildman–Crippen LogP) is 2.14. The van der Waals surface area contributed by atoms with Gasteiger partial charge in [-0.1, -0.05) is 13.3 Å². The fraction of sp³-hybridized carbons (Fsp3) is 0.769. The Morgan fingerprint density at radius 1 is 1.00 bits per heavy atom. The smallest absolute Gasteiger partial charge is 0.481 e. The van der Waals surface area contributed by atoms with E-state index in [9.17, 15) is 14.4 Å². The second-order valence-corrected chi connectivity index (χ2v) is 4.93. The maximum atomic E-state index is 11.1. The van der Waals surface area contributed by atoms with E-state index in [1.165, 1.54) is 0 Å². The van der Waals surface area contributed by atoms with Crippen molar-refractivity contribution in [2.24, 2.45) is 11.8 Å². The number of carboxylic acids is 2. The lowest BCUT2D eigenvalue weighted by Crippen LogP contribution is -2.23. The first-order valence-corrected chi connectivity index (χ1v) is 6.53. The molecule has 0 aromatic carbocycles. The normalized spacial score (nSPS) is 13.6. The van der Waals surface area contributed by atoms with E-state index in [0.29, 0.717) is 12.8 Å². The van der Waals surface area contributed by atoms with Crippen molar-refractivity contribution in [3.8, 4) is 0 Å². The minimum absolute atomic E-state index is 0.252. The molecule has 116 valence electrons. The number of rotatable bonds is 9. The third kappa shape index (κ3) is 8.34. The van der Waals surface area contributed by atoms with Gasteiger partial charge in [-0.15, -0.1) is 0 Å². The number of ether oxygens (including phenoxy) is 2. The minimum Gasteiger partial charge on any atom is -0.481 e. The monoisotopic (exact) mass is 290 g/mol. The zero-order valence-electron chi connectivity index (χ0n) is 12.0. The Bertz CT molecular complexity index is 338. The van der Waals surface area contributed by atoms with E-state index in [0.717, 1.165) is 0 Å². The van der Waals surface area contributed by atoms with Crippen molar-refractivity contribution in [1.82, 2.24) is 0 Å². The first-order valence-electron chi connectivity index (χ1n) is 6.53. The Kier molecular flexibility index (Phi) is 8.35. The van der Waals surface area contributed by atoms with Crippen LogP contribution in [0.2, 0.25) is 0 Å². The Morgan fingerprint density at radius 2 is 1.60 bits per heavy atom. The quantitative estimate of drug-likeness (QED) is 0.626. The molecule has 0 saturated heterocycles. The maximum Gasteiger partial charge on any atom is 0.508 e. The Labute approximate surface area is 117 Å². The van der Waals surface area contributed by atoms with E-state index in [-0.39, 0.29) is 19.1 Å². The Morgan fingerprint density at radius 3 is 2.05 bits per heavy atom. The number of carboxylic acid groups (broad SMARTS) is 2. The largest absolute Gasteiger partial charge is 0.508 e. The molecule has 20 heavy (non-hydrogen) atoms. The highest BCUT2D eigenvalue weighted by Crippen LogP contribution is 2.14. The second kappa shape index (κ2) is 9.17. The van der Waals surface area contributed by atoms with Gasteiger partial charge in [0.2, 0.25) is 0 Å². The van der Waals surface area contributed by atoms with Crippen LogP contribution in [-0.4, -0.2) is 41.0 Å². The van der Waals surface area contributed by atoms with Gasteiger partial charge < -0.3 is 19.7 Å². The van der Waals surface area contributed by atoms with Crippen molar-refractivity contribution in [3.63, 3.8) is 0 Å². The van der Waals surface area contributed by atoms with Crippen LogP contribution in [-0.2, 0) is 19.1 Å². The molecule has 0 aliphatic rings. The zero-order valence-corrected chi connectivity index (χ0v) is 12.0. The van der Waals surface area contributed by atoms with Gasteiger partial charge in [0, 0.05) is 0 Å². The summed E-state index contributed by atoms with van der Waals surface area (Å²) in [7, 11) is 0. The molecule has 0 aliphatic carbocycles. The molecule has 0 bridgehead atoms. The highest BCUT2D eigenvalue weighted by atomic mass is 16.7. The van der Waals surface area contributed by atoms with Crippen LogP contribution in [0.5, 0.6) is 0 Å². The summed E-state index contributed by atoms with van der Waals surface area (Å²) in [4.78, 5) is 32.8. The fourth-order valence-electron chi connectivity index (χ4n) is 1.47. The SMILES string of the molecule is CC(C)OC(=O)OCC(CCCC(C)C(=O)O)C(=O)O. The van der Waals surface area contributed by atoms with Crippen LogP contribution in [0.3, 0.4) is 0 Å². The summed E-state index contributed by atoms with van der Waals surface area (Å²) in [5.74, 6) is -3.36. The van der Waals surface area contributed by atoms with Gasteiger partial charge in [0.1, 0.15) is 6.61 Å². The third-order valence-corrected chi connectivity index (χ3v) is 2.69. The highest BCUT2D eigenvalue weighted by molar-refractivity contribution is 5.71. The molecule has 0 rings (SSSR count). The summed E-state index contributed by atoms with van der Waals surface area (Å²) in [6.07, 6.45) is -0.155. The van der Waals surface area contributed by atoms with Crippen LogP contribution >= 0.6 is 0 Å². The van der Waals surface area contributed by atoms with Crippen molar-refractivity contribution >= 4 is 18.1 Å². The first kappa shape index (κ1) is 18.2. The minimum atomic E-state index is -1.08. The van der Waals surface area contributed by atoms with Crippen molar-refractivity contribution in [2.75, 3.05) is 6.61 Å².